The molecule has 24 heavy (non-hydrogen) atoms. The van der Waals surface area contributed by atoms with Crippen molar-refractivity contribution in [2.45, 2.75) is 19.8 Å². The van der Waals surface area contributed by atoms with E-state index in [-0.39, 0.29) is 11.9 Å². The minimum Gasteiger partial charge on any atom is -0.465 e. The van der Waals surface area contributed by atoms with E-state index in [1.54, 1.807) is 6.20 Å². The molecule has 0 bridgehead atoms. The van der Waals surface area contributed by atoms with Crippen molar-refractivity contribution in [3.05, 3.63) is 18.2 Å². The van der Waals surface area contributed by atoms with Crippen LogP contribution in [-0.2, 0) is 9.53 Å². The van der Waals surface area contributed by atoms with Crippen molar-refractivity contribution in [2.75, 3.05) is 44.2 Å². The van der Waals surface area contributed by atoms with Gasteiger partial charge in [0.05, 0.1) is 24.9 Å². The highest BCUT2D eigenvalue weighted by Gasteiger charge is 2.27. The van der Waals surface area contributed by atoms with Gasteiger partial charge in [0.15, 0.2) is 11.5 Å². The van der Waals surface area contributed by atoms with Gasteiger partial charge >= 0.3 is 5.97 Å². The average Bonchev–Trinajstić information content (AvgIpc) is 3.17. The van der Waals surface area contributed by atoms with E-state index in [1.165, 1.54) is 0 Å². The van der Waals surface area contributed by atoms with Gasteiger partial charge in [0.1, 0.15) is 5.82 Å². The largest absolute Gasteiger partial charge is 0.465 e. The minimum atomic E-state index is -0.0204. The molecular weight excluding hydrogens is 308 g/mol. The van der Waals surface area contributed by atoms with E-state index in [2.05, 4.69) is 24.9 Å². The van der Waals surface area contributed by atoms with E-state index < -0.39 is 0 Å². The highest BCUT2D eigenvalue weighted by Crippen LogP contribution is 2.20. The number of fused-ring (bicyclic) bond motifs is 1. The van der Waals surface area contributed by atoms with Gasteiger partial charge in [0, 0.05) is 26.2 Å². The zero-order chi connectivity index (χ0) is 16.5. The number of aromatic nitrogens is 4. The number of carbonyl (C=O) groups excluding carboxylic acids is 1. The van der Waals surface area contributed by atoms with Gasteiger partial charge in [-0.1, -0.05) is 0 Å². The molecule has 0 aliphatic carbocycles. The highest BCUT2D eigenvalue weighted by molar-refractivity contribution is 5.74. The first-order valence-electron chi connectivity index (χ1n) is 8.52. The van der Waals surface area contributed by atoms with E-state index in [0.717, 1.165) is 62.9 Å². The molecule has 0 unspecified atom stereocenters. The zero-order valence-electron chi connectivity index (χ0n) is 13.9. The Bertz CT molecular complexity index is 737. The third kappa shape index (κ3) is 2.93. The Morgan fingerprint density at radius 2 is 2.08 bits per heavy atom. The van der Waals surface area contributed by atoms with Gasteiger partial charge < -0.3 is 9.64 Å². The number of rotatable bonds is 4. The number of aryl methyl sites for hydroxylation is 1. The Kier molecular flexibility index (Phi) is 4.05. The number of nitrogens with zero attached hydrogens (tertiary/aromatic N) is 6. The number of esters is 1. The lowest BCUT2D eigenvalue weighted by molar-refractivity contribution is -0.141. The minimum absolute atomic E-state index is 0.0204. The number of hydrogen-bond acceptors (Lipinski definition) is 7. The number of carbonyl (C=O) groups is 1. The standard InChI is InChI=1S/C16H22N6O2/c1-12-18-14-10-17-11-15(22(14)19-12)21-7-5-20(6-8-21)4-2-13-3-9-24-16(13)23/h10-11,13H,2-9H2,1H3/t13-/m0/s1. The predicted molar refractivity (Wildman–Crippen MR) is 87.9 cm³/mol. The van der Waals surface area contributed by atoms with Crippen LogP contribution in [0.1, 0.15) is 18.7 Å². The lowest BCUT2D eigenvalue weighted by Crippen LogP contribution is -2.47. The zero-order valence-corrected chi connectivity index (χ0v) is 13.9. The third-order valence-corrected chi connectivity index (χ3v) is 4.87. The van der Waals surface area contributed by atoms with E-state index in [4.69, 9.17) is 4.74 Å². The van der Waals surface area contributed by atoms with Crippen molar-refractivity contribution in [3.63, 3.8) is 0 Å². The fourth-order valence-corrected chi connectivity index (χ4v) is 3.46. The molecule has 4 heterocycles. The fraction of sp³-hybridized carbons (Fsp3) is 0.625. The summed E-state index contributed by atoms with van der Waals surface area (Å²) < 4.78 is 6.90. The highest BCUT2D eigenvalue weighted by atomic mass is 16.5. The van der Waals surface area contributed by atoms with Crippen molar-refractivity contribution in [1.29, 1.82) is 0 Å². The van der Waals surface area contributed by atoms with Crippen molar-refractivity contribution < 1.29 is 9.53 Å². The van der Waals surface area contributed by atoms with Crippen LogP contribution in [0.5, 0.6) is 0 Å². The lowest BCUT2D eigenvalue weighted by Gasteiger charge is -2.35. The van der Waals surface area contributed by atoms with Gasteiger partial charge in [-0.15, -0.1) is 5.10 Å². The molecule has 2 saturated heterocycles. The summed E-state index contributed by atoms with van der Waals surface area (Å²) >= 11 is 0. The second kappa shape index (κ2) is 6.35. The summed E-state index contributed by atoms with van der Waals surface area (Å²) in [4.78, 5) is 24.9. The van der Waals surface area contributed by atoms with E-state index in [0.29, 0.717) is 6.61 Å². The Morgan fingerprint density at radius 1 is 1.25 bits per heavy atom. The number of ether oxygens (including phenoxy) is 1. The topological polar surface area (TPSA) is 75.9 Å². The quantitative estimate of drug-likeness (QED) is 0.756. The van der Waals surface area contributed by atoms with Crippen molar-refractivity contribution in [1.82, 2.24) is 24.5 Å². The van der Waals surface area contributed by atoms with Gasteiger partial charge in [-0.25, -0.2) is 4.98 Å². The molecular formula is C16H22N6O2. The maximum Gasteiger partial charge on any atom is 0.309 e. The van der Waals surface area contributed by atoms with Crippen molar-refractivity contribution in [2.24, 2.45) is 5.92 Å². The number of piperazine rings is 1. The van der Waals surface area contributed by atoms with E-state index in [1.807, 2.05) is 17.6 Å². The molecule has 0 saturated carbocycles. The molecule has 2 aromatic heterocycles. The van der Waals surface area contributed by atoms with Crippen LogP contribution < -0.4 is 4.90 Å². The summed E-state index contributed by atoms with van der Waals surface area (Å²) in [5.74, 6) is 1.82. The van der Waals surface area contributed by atoms with Crippen LogP contribution in [0, 0.1) is 12.8 Å². The first-order chi connectivity index (χ1) is 11.7. The molecule has 128 valence electrons. The van der Waals surface area contributed by atoms with Crippen molar-refractivity contribution >= 4 is 17.4 Å². The van der Waals surface area contributed by atoms with Gasteiger partial charge in [-0.2, -0.15) is 4.52 Å². The Morgan fingerprint density at radius 3 is 2.83 bits per heavy atom. The molecule has 2 aliphatic heterocycles. The van der Waals surface area contributed by atoms with Crippen molar-refractivity contribution in [3.8, 4) is 0 Å². The smallest absolute Gasteiger partial charge is 0.309 e. The van der Waals surface area contributed by atoms with Gasteiger partial charge in [-0.05, 0) is 26.3 Å². The monoisotopic (exact) mass is 330 g/mol. The molecule has 0 radical (unpaired) electrons. The maximum atomic E-state index is 11.5. The molecule has 2 fully saturated rings. The summed E-state index contributed by atoms with van der Waals surface area (Å²) in [6.45, 7) is 7.24. The van der Waals surface area contributed by atoms with Crippen LogP contribution in [-0.4, -0.2) is 69.8 Å². The summed E-state index contributed by atoms with van der Waals surface area (Å²) in [5.41, 5.74) is 0.784. The molecule has 0 N–H and O–H groups in total. The van der Waals surface area contributed by atoms with Gasteiger partial charge in [-0.3, -0.25) is 14.7 Å². The second-order valence-electron chi connectivity index (χ2n) is 6.46. The summed E-state index contributed by atoms with van der Waals surface area (Å²) in [7, 11) is 0. The first kappa shape index (κ1) is 15.3. The maximum absolute atomic E-state index is 11.5. The summed E-state index contributed by atoms with van der Waals surface area (Å²) in [5, 5.41) is 4.46. The van der Waals surface area contributed by atoms with Gasteiger partial charge in [0.25, 0.3) is 0 Å². The lowest BCUT2D eigenvalue weighted by atomic mass is 10.0. The molecule has 0 amide bonds. The van der Waals surface area contributed by atoms with Crippen LogP contribution in [0.4, 0.5) is 5.82 Å². The molecule has 0 aromatic carbocycles. The summed E-state index contributed by atoms with van der Waals surface area (Å²) in [6, 6.07) is 0. The third-order valence-electron chi connectivity index (χ3n) is 4.87. The molecule has 8 nitrogen and oxygen atoms in total. The summed E-state index contributed by atoms with van der Waals surface area (Å²) in [6.07, 6.45) is 5.36. The molecule has 2 aromatic rings. The van der Waals surface area contributed by atoms with E-state index in [9.17, 15) is 4.79 Å². The first-order valence-corrected chi connectivity index (χ1v) is 8.52. The predicted octanol–water partition coefficient (Wildman–Crippen LogP) is 0.508. The number of cyclic esters (lactones) is 1. The van der Waals surface area contributed by atoms with Crippen LogP contribution in [0.25, 0.3) is 5.65 Å². The van der Waals surface area contributed by atoms with Crippen LogP contribution >= 0.6 is 0 Å². The molecule has 8 heteroatoms. The molecule has 2 aliphatic rings. The van der Waals surface area contributed by atoms with Gasteiger partial charge in [0.2, 0.25) is 0 Å². The normalized spacial score (nSPS) is 22.3. The Balaban J connectivity index is 1.36. The molecule has 4 rings (SSSR count). The molecule has 1 atom stereocenters. The number of anilines is 1. The fourth-order valence-electron chi connectivity index (χ4n) is 3.46. The van der Waals surface area contributed by atoms with Crippen LogP contribution in [0.2, 0.25) is 0 Å². The SMILES string of the molecule is Cc1nc2cncc(N3CCN(CC[C@H]4CCOC4=O)CC3)n2n1. The van der Waals surface area contributed by atoms with E-state index >= 15 is 0 Å². The average molecular weight is 330 g/mol. The number of hydrogen-bond donors (Lipinski definition) is 0. The Labute approximate surface area is 140 Å². The molecule has 0 spiro atoms. The van der Waals surface area contributed by atoms with Crippen LogP contribution in [0.3, 0.4) is 0 Å². The van der Waals surface area contributed by atoms with Crippen LogP contribution in [0.15, 0.2) is 12.4 Å². The Hall–Kier alpha value is -2.22. The second-order valence-corrected chi connectivity index (χ2v) is 6.46.